The molecule has 9 nitrogen and oxygen atoms in total. The molecule has 286 valence electrons. The van der Waals surface area contributed by atoms with Gasteiger partial charge in [0, 0.05) is 49.9 Å². The molecule has 5 aromatic carbocycles. The highest BCUT2D eigenvalue weighted by Gasteiger charge is 2.34. The minimum absolute atomic E-state index is 0.234. The minimum atomic E-state index is -4.54. The molecule has 0 aliphatic rings. The molecule has 2 unspecified atom stereocenters. The van der Waals surface area contributed by atoms with Crippen molar-refractivity contribution in [2.45, 2.75) is 82.4 Å². The van der Waals surface area contributed by atoms with Gasteiger partial charge >= 0.3 is 0 Å². The van der Waals surface area contributed by atoms with E-state index in [0.29, 0.717) is 24.2 Å². The molecule has 0 amide bonds. The van der Waals surface area contributed by atoms with Crippen molar-refractivity contribution in [3.8, 4) is 0 Å². The number of anilines is 1. The van der Waals surface area contributed by atoms with E-state index in [1.54, 1.807) is 12.1 Å². The molecule has 0 fully saturated rings. The SMILES string of the molecule is CCN(CC)c1ccc(C(C(NCc2cc(C)cc(C)c2)c2cccc(S(=O)(=O)O)c2)C(NCc2cc(C)cc(C)c2)c2cccc(S(=O)(=O)O)c2)cc1. The van der Waals surface area contributed by atoms with Crippen molar-refractivity contribution in [1.29, 1.82) is 0 Å². The molecule has 0 saturated heterocycles. The van der Waals surface area contributed by atoms with Crippen LogP contribution in [0.4, 0.5) is 5.69 Å². The van der Waals surface area contributed by atoms with Gasteiger partial charge in [0.2, 0.25) is 0 Å². The summed E-state index contributed by atoms with van der Waals surface area (Å²) in [4.78, 5) is 1.78. The molecule has 0 aromatic heterocycles. The summed E-state index contributed by atoms with van der Waals surface area (Å²) in [6, 6.07) is 32.3. The second-order valence-corrected chi connectivity index (χ2v) is 16.9. The molecule has 0 aliphatic heterocycles. The van der Waals surface area contributed by atoms with Crippen LogP contribution in [0.3, 0.4) is 0 Å². The van der Waals surface area contributed by atoms with E-state index in [9.17, 15) is 25.9 Å². The summed E-state index contributed by atoms with van der Waals surface area (Å²) >= 11 is 0. The van der Waals surface area contributed by atoms with Gasteiger partial charge in [0.1, 0.15) is 0 Å². The maximum Gasteiger partial charge on any atom is 0.294 e. The molecule has 0 spiro atoms. The van der Waals surface area contributed by atoms with Crippen LogP contribution in [0.5, 0.6) is 0 Å². The minimum Gasteiger partial charge on any atom is -0.372 e. The van der Waals surface area contributed by atoms with Gasteiger partial charge in [-0.1, -0.05) is 95.1 Å². The zero-order valence-electron chi connectivity index (χ0n) is 31.7. The van der Waals surface area contributed by atoms with Crippen LogP contribution in [0.25, 0.3) is 0 Å². The Hall–Kier alpha value is -4.36. The van der Waals surface area contributed by atoms with Crippen LogP contribution in [0.2, 0.25) is 0 Å². The van der Waals surface area contributed by atoms with Gasteiger partial charge in [0.15, 0.2) is 0 Å². The Bertz CT molecular complexity index is 2110. The van der Waals surface area contributed by atoms with Crippen LogP contribution < -0.4 is 15.5 Å². The molecule has 11 heteroatoms. The number of hydrogen-bond acceptors (Lipinski definition) is 7. The van der Waals surface area contributed by atoms with Gasteiger partial charge in [0.25, 0.3) is 20.2 Å². The van der Waals surface area contributed by atoms with Gasteiger partial charge in [-0.2, -0.15) is 16.8 Å². The Morgan fingerprint density at radius 2 is 0.926 bits per heavy atom. The lowest BCUT2D eigenvalue weighted by atomic mass is 9.78. The molecule has 5 rings (SSSR count). The summed E-state index contributed by atoms with van der Waals surface area (Å²) in [7, 11) is -9.08. The Labute approximate surface area is 321 Å². The van der Waals surface area contributed by atoms with Crippen molar-refractivity contribution in [1.82, 2.24) is 10.6 Å². The first-order valence-electron chi connectivity index (χ1n) is 18.2. The standard InChI is InChI=1S/C43H51N3O6S2/c1-7-46(8-2)38-17-15-35(16-18-38)41(42(36-11-9-13-39(25-36)53(47,48)49)44-27-33-21-29(3)19-30(4)22-33)43(37-12-10-14-40(26-37)54(50,51)52)45-28-34-23-31(5)20-32(6)24-34/h9-26,41-45H,7-8,27-28H2,1-6H3,(H,47,48,49)(H,50,51,52). The van der Waals surface area contributed by atoms with Gasteiger partial charge in [-0.25, -0.2) is 0 Å². The maximum atomic E-state index is 12.5. The van der Waals surface area contributed by atoms with E-state index in [-0.39, 0.29) is 9.79 Å². The van der Waals surface area contributed by atoms with E-state index < -0.39 is 38.2 Å². The zero-order valence-corrected chi connectivity index (χ0v) is 33.4. The summed E-state index contributed by atoms with van der Waals surface area (Å²) in [5.74, 6) is -0.499. The molecule has 0 heterocycles. The fourth-order valence-corrected chi connectivity index (χ4v) is 8.58. The second kappa shape index (κ2) is 17.4. The first-order valence-corrected chi connectivity index (χ1v) is 21.0. The van der Waals surface area contributed by atoms with Crippen LogP contribution in [0.15, 0.2) is 119 Å². The predicted molar refractivity (Wildman–Crippen MR) is 216 cm³/mol. The summed E-state index contributed by atoms with van der Waals surface area (Å²) in [6.45, 7) is 14.9. The molecule has 0 saturated carbocycles. The number of aryl methyl sites for hydroxylation is 4. The second-order valence-electron chi connectivity index (χ2n) is 14.1. The van der Waals surface area contributed by atoms with Gasteiger partial charge in [0.05, 0.1) is 9.79 Å². The highest BCUT2D eigenvalue weighted by molar-refractivity contribution is 7.86. The monoisotopic (exact) mass is 769 g/mol. The van der Waals surface area contributed by atoms with E-state index in [1.807, 2.05) is 39.8 Å². The van der Waals surface area contributed by atoms with E-state index in [2.05, 4.69) is 90.0 Å². The highest BCUT2D eigenvalue weighted by Crippen LogP contribution is 2.43. The van der Waals surface area contributed by atoms with Crippen LogP contribution in [-0.2, 0) is 33.3 Å². The Morgan fingerprint density at radius 3 is 1.28 bits per heavy atom. The molecule has 54 heavy (non-hydrogen) atoms. The Morgan fingerprint density at radius 1 is 0.537 bits per heavy atom. The molecular weight excluding hydrogens is 719 g/mol. The Kier molecular flexibility index (Phi) is 13.2. The van der Waals surface area contributed by atoms with E-state index in [0.717, 1.165) is 57.7 Å². The molecule has 4 N–H and O–H groups in total. The third-order valence-electron chi connectivity index (χ3n) is 9.77. The van der Waals surface area contributed by atoms with Crippen molar-refractivity contribution >= 4 is 25.9 Å². The van der Waals surface area contributed by atoms with Crippen molar-refractivity contribution in [2.75, 3.05) is 18.0 Å². The largest absolute Gasteiger partial charge is 0.372 e. The normalized spacial score (nSPS) is 13.7. The summed E-state index contributed by atoms with van der Waals surface area (Å²) < 4.78 is 70.3. The van der Waals surface area contributed by atoms with Gasteiger partial charge in [-0.15, -0.1) is 0 Å². The van der Waals surface area contributed by atoms with Crippen molar-refractivity contribution in [2.24, 2.45) is 0 Å². The molecule has 2 atom stereocenters. The molecular formula is C43H51N3O6S2. The predicted octanol–water partition coefficient (Wildman–Crippen LogP) is 8.41. The van der Waals surface area contributed by atoms with E-state index in [1.165, 1.54) is 24.3 Å². The van der Waals surface area contributed by atoms with Gasteiger partial charge < -0.3 is 15.5 Å². The highest BCUT2D eigenvalue weighted by atomic mass is 32.2. The van der Waals surface area contributed by atoms with Crippen LogP contribution in [-0.4, -0.2) is 39.0 Å². The van der Waals surface area contributed by atoms with Crippen LogP contribution >= 0.6 is 0 Å². The molecule has 5 aromatic rings. The van der Waals surface area contributed by atoms with Gasteiger partial charge in [-0.3, -0.25) is 9.11 Å². The molecule has 0 bridgehead atoms. The van der Waals surface area contributed by atoms with Crippen molar-refractivity contribution in [3.63, 3.8) is 0 Å². The maximum absolute atomic E-state index is 12.5. The van der Waals surface area contributed by atoms with Crippen LogP contribution in [0.1, 0.15) is 81.9 Å². The summed E-state index contributed by atoms with van der Waals surface area (Å²) in [5.41, 5.74) is 9.66. The first-order chi connectivity index (χ1) is 25.5. The average molecular weight is 770 g/mol. The summed E-state index contributed by atoms with van der Waals surface area (Å²) in [6.07, 6.45) is 0. The van der Waals surface area contributed by atoms with E-state index >= 15 is 0 Å². The fraction of sp³-hybridized carbons (Fsp3) is 0.302. The zero-order chi connectivity index (χ0) is 39.2. The number of hydrogen-bond donors (Lipinski definition) is 4. The van der Waals surface area contributed by atoms with Crippen LogP contribution in [0, 0.1) is 27.7 Å². The third-order valence-corrected chi connectivity index (χ3v) is 11.5. The Balaban J connectivity index is 1.77. The smallest absolute Gasteiger partial charge is 0.294 e. The van der Waals surface area contributed by atoms with E-state index in [4.69, 9.17) is 0 Å². The lowest BCUT2D eigenvalue weighted by molar-refractivity contribution is 0.345. The van der Waals surface area contributed by atoms with Crippen molar-refractivity contribution in [3.05, 3.63) is 159 Å². The summed E-state index contributed by atoms with van der Waals surface area (Å²) in [5, 5.41) is 7.52. The topological polar surface area (TPSA) is 136 Å². The van der Waals surface area contributed by atoms with Crippen molar-refractivity contribution < 1.29 is 25.9 Å². The lowest BCUT2D eigenvalue weighted by Gasteiger charge is -2.37. The number of rotatable bonds is 16. The quantitative estimate of drug-likeness (QED) is 0.0730. The number of benzene rings is 5. The third kappa shape index (κ3) is 10.4. The molecule has 0 radical (unpaired) electrons. The average Bonchev–Trinajstić information content (AvgIpc) is 3.10. The number of nitrogens with one attached hydrogen (secondary N) is 2. The fourth-order valence-electron chi connectivity index (χ4n) is 7.51. The first kappa shape index (κ1) is 40.8. The number of nitrogens with zero attached hydrogens (tertiary/aromatic N) is 1. The molecule has 0 aliphatic carbocycles. The van der Waals surface area contributed by atoms with Gasteiger partial charge in [-0.05, 0) is 106 Å². The lowest BCUT2D eigenvalue weighted by Crippen LogP contribution is -2.36.